The van der Waals surface area contributed by atoms with Crippen molar-refractivity contribution < 1.29 is 9.90 Å². The average molecular weight is 292 g/mol. The van der Waals surface area contributed by atoms with E-state index < -0.39 is 5.60 Å². The maximum absolute atomic E-state index is 11.6. The fourth-order valence-corrected chi connectivity index (χ4v) is 3.42. The third-order valence-corrected chi connectivity index (χ3v) is 4.61. The molecule has 21 heavy (non-hydrogen) atoms. The minimum absolute atomic E-state index is 0.0633. The van der Waals surface area contributed by atoms with Gasteiger partial charge in [-0.2, -0.15) is 5.10 Å². The highest BCUT2D eigenvalue weighted by molar-refractivity contribution is 5.73. The molecular weight excluding hydrogens is 268 g/mol. The minimum atomic E-state index is -0.767. The lowest BCUT2D eigenvalue weighted by molar-refractivity contribution is -0.133. The number of carbonyl (C=O) groups excluding carboxylic acids is 1. The third-order valence-electron chi connectivity index (χ3n) is 4.61. The van der Waals surface area contributed by atoms with Gasteiger partial charge >= 0.3 is 0 Å². The second kappa shape index (κ2) is 5.77. The summed E-state index contributed by atoms with van der Waals surface area (Å²) in [6.07, 6.45) is 6.53. The van der Waals surface area contributed by atoms with Crippen molar-refractivity contribution in [3.05, 3.63) is 18.5 Å². The van der Waals surface area contributed by atoms with Crippen LogP contribution in [0.4, 0.5) is 0 Å². The molecule has 2 aliphatic heterocycles. The monoisotopic (exact) mass is 292 g/mol. The highest BCUT2D eigenvalue weighted by Crippen LogP contribution is 2.27. The molecular formula is C15H24N4O2. The van der Waals surface area contributed by atoms with Gasteiger partial charge in [0, 0.05) is 45.5 Å². The van der Waals surface area contributed by atoms with E-state index in [0.717, 1.165) is 38.9 Å². The zero-order valence-corrected chi connectivity index (χ0v) is 12.6. The molecule has 3 rings (SSSR count). The predicted molar refractivity (Wildman–Crippen MR) is 78.8 cm³/mol. The first-order chi connectivity index (χ1) is 10.1. The van der Waals surface area contributed by atoms with Crippen molar-refractivity contribution in [2.75, 3.05) is 32.7 Å². The summed E-state index contributed by atoms with van der Waals surface area (Å²) >= 11 is 0. The second-order valence-electron chi connectivity index (χ2n) is 6.46. The second-order valence-corrected chi connectivity index (χ2v) is 6.46. The zero-order valence-electron chi connectivity index (χ0n) is 12.6. The molecule has 0 aliphatic carbocycles. The maximum Gasteiger partial charge on any atom is 0.219 e. The molecule has 1 unspecified atom stereocenters. The number of amides is 1. The lowest BCUT2D eigenvalue weighted by atomic mass is 9.94. The fourth-order valence-electron chi connectivity index (χ4n) is 3.42. The van der Waals surface area contributed by atoms with Gasteiger partial charge in [-0.25, -0.2) is 0 Å². The van der Waals surface area contributed by atoms with Gasteiger partial charge in [-0.1, -0.05) is 0 Å². The number of aliphatic hydroxyl groups is 1. The van der Waals surface area contributed by atoms with Gasteiger partial charge in [0.1, 0.15) is 0 Å². The van der Waals surface area contributed by atoms with E-state index in [4.69, 9.17) is 0 Å². The SMILES string of the molecule is CC(=O)N1CCCCC(O)(CN2CC(n3cccn3)C2)C1. The molecule has 2 aliphatic rings. The van der Waals surface area contributed by atoms with Crippen molar-refractivity contribution in [2.24, 2.45) is 0 Å². The van der Waals surface area contributed by atoms with Crippen LogP contribution in [0.3, 0.4) is 0 Å². The Hall–Kier alpha value is -1.40. The van der Waals surface area contributed by atoms with Crippen molar-refractivity contribution in [1.29, 1.82) is 0 Å². The Bertz CT molecular complexity index is 484. The lowest BCUT2D eigenvalue weighted by Crippen LogP contribution is -2.57. The summed E-state index contributed by atoms with van der Waals surface area (Å²) < 4.78 is 1.98. The van der Waals surface area contributed by atoms with E-state index in [1.807, 2.05) is 16.9 Å². The summed E-state index contributed by atoms with van der Waals surface area (Å²) in [5.41, 5.74) is -0.767. The van der Waals surface area contributed by atoms with Crippen molar-refractivity contribution >= 4 is 5.91 Å². The topological polar surface area (TPSA) is 61.6 Å². The molecule has 0 bridgehead atoms. The molecule has 1 atom stereocenters. The zero-order chi connectivity index (χ0) is 14.9. The number of β-amino-alcohol motifs (C(OH)–C–C–N with tert-alkyl or cyclic N) is 1. The van der Waals surface area contributed by atoms with Crippen LogP contribution in [0.1, 0.15) is 32.2 Å². The smallest absolute Gasteiger partial charge is 0.219 e. The van der Waals surface area contributed by atoms with Crippen LogP contribution in [-0.2, 0) is 4.79 Å². The Kier molecular flexibility index (Phi) is 3.99. The Labute approximate surface area is 125 Å². The number of rotatable bonds is 3. The quantitative estimate of drug-likeness (QED) is 0.881. The van der Waals surface area contributed by atoms with Crippen LogP contribution in [0.5, 0.6) is 0 Å². The highest BCUT2D eigenvalue weighted by Gasteiger charge is 2.38. The van der Waals surface area contributed by atoms with E-state index >= 15 is 0 Å². The van der Waals surface area contributed by atoms with Gasteiger partial charge in [0.05, 0.1) is 18.2 Å². The normalized spacial score (nSPS) is 28.2. The lowest BCUT2D eigenvalue weighted by Gasteiger charge is -2.44. The van der Waals surface area contributed by atoms with Gasteiger partial charge in [-0.05, 0) is 25.3 Å². The molecule has 1 N–H and O–H groups in total. The molecule has 3 heterocycles. The van der Waals surface area contributed by atoms with Crippen LogP contribution < -0.4 is 0 Å². The number of hydrogen-bond acceptors (Lipinski definition) is 4. The minimum Gasteiger partial charge on any atom is -0.387 e. The van der Waals surface area contributed by atoms with Crippen LogP contribution in [-0.4, -0.2) is 68.9 Å². The van der Waals surface area contributed by atoms with Gasteiger partial charge in [0.25, 0.3) is 0 Å². The van der Waals surface area contributed by atoms with Crippen molar-refractivity contribution in [3.8, 4) is 0 Å². The number of aromatic nitrogens is 2. The van der Waals surface area contributed by atoms with E-state index in [0.29, 0.717) is 19.1 Å². The van der Waals surface area contributed by atoms with Gasteiger partial charge in [0.2, 0.25) is 5.91 Å². The van der Waals surface area contributed by atoms with Crippen molar-refractivity contribution in [2.45, 2.75) is 37.8 Å². The fraction of sp³-hybridized carbons (Fsp3) is 0.733. The molecule has 0 saturated carbocycles. The summed E-state index contributed by atoms with van der Waals surface area (Å²) in [6, 6.07) is 2.35. The molecule has 0 radical (unpaired) electrons. The molecule has 2 fully saturated rings. The van der Waals surface area contributed by atoms with E-state index in [1.165, 1.54) is 0 Å². The van der Waals surface area contributed by atoms with Crippen LogP contribution in [0.15, 0.2) is 18.5 Å². The number of hydrogen-bond donors (Lipinski definition) is 1. The van der Waals surface area contributed by atoms with Crippen LogP contribution in [0.2, 0.25) is 0 Å². The van der Waals surface area contributed by atoms with Crippen molar-refractivity contribution in [3.63, 3.8) is 0 Å². The Morgan fingerprint density at radius 3 is 2.90 bits per heavy atom. The summed E-state index contributed by atoms with van der Waals surface area (Å²) in [5, 5.41) is 15.1. The van der Waals surface area contributed by atoms with E-state index in [-0.39, 0.29) is 5.91 Å². The molecule has 1 amide bonds. The first-order valence-corrected chi connectivity index (χ1v) is 7.75. The molecule has 2 saturated heterocycles. The third kappa shape index (κ3) is 3.27. The maximum atomic E-state index is 11.6. The predicted octanol–water partition coefficient (Wildman–Crippen LogP) is 0.503. The van der Waals surface area contributed by atoms with E-state index in [1.54, 1.807) is 18.0 Å². The van der Waals surface area contributed by atoms with Gasteiger partial charge in [-0.3, -0.25) is 14.4 Å². The molecule has 116 valence electrons. The number of likely N-dealkylation sites (tertiary alicyclic amines) is 2. The summed E-state index contributed by atoms with van der Waals surface area (Å²) in [6.45, 7) is 5.31. The number of carbonyl (C=O) groups is 1. The Morgan fingerprint density at radius 2 is 2.24 bits per heavy atom. The highest BCUT2D eigenvalue weighted by atomic mass is 16.3. The van der Waals surface area contributed by atoms with Crippen LogP contribution in [0.25, 0.3) is 0 Å². The largest absolute Gasteiger partial charge is 0.387 e. The van der Waals surface area contributed by atoms with E-state index in [9.17, 15) is 9.90 Å². The molecule has 0 aromatic carbocycles. The summed E-state index contributed by atoms with van der Waals surface area (Å²) in [7, 11) is 0. The van der Waals surface area contributed by atoms with Crippen LogP contribution in [0, 0.1) is 0 Å². The standard InChI is InChI=1S/C15H24N4O2/c1-13(20)18-7-3-2-5-15(21,12-18)11-17-9-14(10-17)19-8-4-6-16-19/h4,6,8,14,21H,2-3,5,7,9-12H2,1H3. The van der Waals surface area contributed by atoms with Gasteiger partial charge in [0.15, 0.2) is 0 Å². The van der Waals surface area contributed by atoms with Crippen molar-refractivity contribution in [1.82, 2.24) is 19.6 Å². The van der Waals surface area contributed by atoms with Gasteiger partial charge < -0.3 is 10.0 Å². The molecule has 1 aromatic rings. The molecule has 0 spiro atoms. The molecule has 6 nitrogen and oxygen atoms in total. The first-order valence-electron chi connectivity index (χ1n) is 7.75. The summed E-state index contributed by atoms with van der Waals surface area (Å²) in [4.78, 5) is 15.7. The average Bonchev–Trinajstić information content (AvgIpc) is 2.83. The number of nitrogens with zero attached hydrogens (tertiary/aromatic N) is 4. The van der Waals surface area contributed by atoms with E-state index in [2.05, 4.69) is 10.00 Å². The van der Waals surface area contributed by atoms with Gasteiger partial charge in [-0.15, -0.1) is 0 Å². The summed E-state index contributed by atoms with van der Waals surface area (Å²) in [5.74, 6) is 0.0633. The molecule has 1 aromatic heterocycles. The molecule has 6 heteroatoms. The first kappa shape index (κ1) is 14.5. The Morgan fingerprint density at radius 1 is 1.43 bits per heavy atom. The Balaban J connectivity index is 1.55. The van der Waals surface area contributed by atoms with Crippen LogP contribution >= 0.6 is 0 Å².